The summed E-state index contributed by atoms with van der Waals surface area (Å²) in [6.07, 6.45) is 0. The Hall–Kier alpha value is -2.83. The van der Waals surface area contributed by atoms with Crippen LogP contribution in [0.15, 0.2) is 29.9 Å². The SMILES string of the molecule is C=C1C(=O)c2c(sc3cc(F)c(F)cc23)C1=C(C#N)C#N. The molecule has 0 fully saturated rings. The Morgan fingerprint density at radius 1 is 1.19 bits per heavy atom. The molecule has 100 valence electrons. The first kappa shape index (κ1) is 13.2. The summed E-state index contributed by atoms with van der Waals surface area (Å²) in [4.78, 5) is 12.6. The average Bonchev–Trinajstić information content (AvgIpc) is 2.91. The van der Waals surface area contributed by atoms with Crippen LogP contribution in [0.25, 0.3) is 15.7 Å². The van der Waals surface area contributed by atoms with Crippen LogP contribution in [0.5, 0.6) is 0 Å². The van der Waals surface area contributed by atoms with Crippen LogP contribution in [-0.2, 0) is 0 Å². The van der Waals surface area contributed by atoms with Crippen LogP contribution in [0, 0.1) is 34.3 Å². The third-order valence-electron chi connectivity index (χ3n) is 3.23. The van der Waals surface area contributed by atoms with Crippen molar-refractivity contribution in [3.63, 3.8) is 0 Å². The molecule has 0 saturated heterocycles. The summed E-state index contributed by atoms with van der Waals surface area (Å²) >= 11 is 1.04. The molecule has 3 nitrogen and oxygen atoms in total. The number of rotatable bonds is 0. The summed E-state index contributed by atoms with van der Waals surface area (Å²) in [6.45, 7) is 3.60. The van der Waals surface area contributed by atoms with Gasteiger partial charge in [0, 0.05) is 31.7 Å². The van der Waals surface area contributed by atoms with Gasteiger partial charge in [0.1, 0.15) is 17.7 Å². The van der Waals surface area contributed by atoms with Crippen molar-refractivity contribution in [1.29, 1.82) is 10.5 Å². The first-order valence-corrected chi connectivity index (χ1v) is 6.51. The van der Waals surface area contributed by atoms with Crippen molar-refractivity contribution in [3.8, 4) is 12.1 Å². The number of carbonyl (C=O) groups is 1. The van der Waals surface area contributed by atoms with E-state index < -0.39 is 17.4 Å². The summed E-state index contributed by atoms with van der Waals surface area (Å²) in [5.41, 5.74) is 0.125. The maximum absolute atomic E-state index is 13.4. The highest BCUT2D eigenvalue weighted by Gasteiger charge is 2.35. The molecule has 0 spiro atoms. The van der Waals surface area contributed by atoms with Crippen LogP contribution in [0.4, 0.5) is 8.78 Å². The van der Waals surface area contributed by atoms with Gasteiger partial charge >= 0.3 is 0 Å². The van der Waals surface area contributed by atoms with Gasteiger partial charge < -0.3 is 0 Å². The molecule has 6 heteroatoms. The van der Waals surface area contributed by atoms with Crippen molar-refractivity contribution in [3.05, 3.63) is 51.9 Å². The molecule has 1 aliphatic carbocycles. The molecule has 1 aromatic carbocycles. The standard InChI is InChI=1S/C15H4F2N2OS/c1-6-12(7(4-18)5-19)15-13(14(6)20)8-2-9(16)10(17)3-11(8)21-15/h2-3H,1H2. The largest absolute Gasteiger partial charge is 0.289 e. The van der Waals surface area contributed by atoms with E-state index in [-0.39, 0.29) is 27.7 Å². The normalized spacial score (nSPS) is 13.2. The molecule has 0 aliphatic heterocycles. The smallest absolute Gasteiger partial charge is 0.195 e. The zero-order valence-corrected chi connectivity index (χ0v) is 11.1. The van der Waals surface area contributed by atoms with Gasteiger partial charge in [-0.2, -0.15) is 10.5 Å². The lowest BCUT2D eigenvalue weighted by Gasteiger charge is -1.98. The zero-order valence-electron chi connectivity index (χ0n) is 10.3. The molecule has 0 unspecified atom stereocenters. The van der Waals surface area contributed by atoms with Gasteiger partial charge in [0.2, 0.25) is 0 Å². The van der Waals surface area contributed by atoms with Crippen molar-refractivity contribution in [2.45, 2.75) is 0 Å². The first-order valence-electron chi connectivity index (χ1n) is 5.70. The maximum atomic E-state index is 13.4. The number of carbonyl (C=O) groups excluding carboxylic acids is 1. The third kappa shape index (κ3) is 1.63. The molecule has 21 heavy (non-hydrogen) atoms. The van der Waals surface area contributed by atoms with Crippen molar-refractivity contribution < 1.29 is 13.6 Å². The molecule has 0 N–H and O–H groups in total. The maximum Gasteiger partial charge on any atom is 0.195 e. The number of benzene rings is 1. The Labute approximate surface area is 121 Å². The van der Waals surface area contributed by atoms with E-state index in [1.54, 1.807) is 12.1 Å². The topological polar surface area (TPSA) is 64.7 Å². The summed E-state index contributed by atoms with van der Waals surface area (Å²) in [5.74, 6) is -2.54. The average molecular weight is 298 g/mol. The monoisotopic (exact) mass is 298 g/mol. The van der Waals surface area contributed by atoms with Crippen LogP contribution < -0.4 is 0 Å². The van der Waals surface area contributed by atoms with Crippen LogP contribution >= 0.6 is 11.3 Å². The summed E-state index contributed by atoms with van der Waals surface area (Å²) in [7, 11) is 0. The second-order valence-electron chi connectivity index (χ2n) is 4.35. The predicted molar refractivity (Wildman–Crippen MR) is 73.4 cm³/mol. The highest BCUT2D eigenvalue weighted by molar-refractivity contribution is 7.21. The van der Waals surface area contributed by atoms with Crippen molar-refractivity contribution >= 4 is 32.8 Å². The second kappa shape index (κ2) is 4.34. The quantitative estimate of drug-likeness (QED) is 0.550. The Kier molecular flexibility index (Phi) is 2.72. The van der Waals surface area contributed by atoms with Crippen LogP contribution in [-0.4, -0.2) is 5.78 Å². The molecule has 0 bridgehead atoms. The number of nitriles is 2. The molecule has 3 rings (SSSR count). The Morgan fingerprint density at radius 2 is 1.81 bits per heavy atom. The number of allylic oxidation sites excluding steroid dienone is 3. The summed E-state index contributed by atoms with van der Waals surface area (Å²) in [6, 6.07) is 5.38. The van der Waals surface area contributed by atoms with Crippen molar-refractivity contribution in [2.75, 3.05) is 0 Å². The Morgan fingerprint density at radius 3 is 2.43 bits per heavy atom. The van der Waals surface area contributed by atoms with Gasteiger partial charge in [0.05, 0.1) is 0 Å². The van der Waals surface area contributed by atoms with E-state index in [2.05, 4.69) is 6.58 Å². The number of nitrogens with zero attached hydrogens (tertiary/aromatic N) is 2. The van der Waals surface area contributed by atoms with E-state index in [4.69, 9.17) is 10.5 Å². The first-order chi connectivity index (χ1) is 9.99. The van der Waals surface area contributed by atoms with Crippen LogP contribution in [0.1, 0.15) is 15.2 Å². The molecule has 1 aromatic heterocycles. The van der Waals surface area contributed by atoms with E-state index in [0.29, 0.717) is 9.58 Å². The molecule has 2 aromatic rings. The van der Waals surface area contributed by atoms with Crippen LogP contribution in [0.2, 0.25) is 0 Å². The molecule has 0 saturated carbocycles. The molecular formula is C15H4F2N2OS. The van der Waals surface area contributed by atoms with E-state index in [1.165, 1.54) is 0 Å². The lowest BCUT2D eigenvalue weighted by Crippen LogP contribution is -1.95. The van der Waals surface area contributed by atoms with Gasteiger partial charge in [0.25, 0.3) is 0 Å². The molecule has 1 aliphatic rings. The minimum absolute atomic E-state index is 0.0287. The molecule has 0 radical (unpaired) electrons. The van der Waals surface area contributed by atoms with Crippen molar-refractivity contribution in [1.82, 2.24) is 0 Å². The lowest BCUT2D eigenvalue weighted by molar-refractivity contribution is 0.104. The number of thiophene rings is 1. The van der Waals surface area contributed by atoms with Gasteiger partial charge in [-0.25, -0.2) is 8.78 Å². The predicted octanol–water partition coefficient (Wildman–Crippen LogP) is 3.73. The van der Waals surface area contributed by atoms with Gasteiger partial charge in [-0.3, -0.25) is 4.79 Å². The second-order valence-corrected chi connectivity index (χ2v) is 5.40. The van der Waals surface area contributed by atoms with Gasteiger partial charge in [-0.15, -0.1) is 11.3 Å². The van der Waals surface area contributed by atoms with E-state index >= 15 is 0 Å². The van der Waals surface area contributed by atoms with E-state index in [1.807, 2.05) is 0 Å². The van der Waals surface area contributed by atoms with Gasteiger partial charge in [-0.1, -0.05) is 6.58 Å². The van der Waals surface area contributed by atoms with Crippen molar-refractivity contribution in [2.24, 2.45) is 0 Å². The molecule has 0 atom stereocenters. The molecule has 0 amide bonds. The minimum Gasteiger partial charge on any atom is -0.289 e. The fraction of sp³-hybridized carbons (Fsp3) is 0. The number of ketones is 1. The highest BCUT2D eigenvalue weighted by atomic mass is 32.1. The third-order valence-corrected chi connectivity index (χ3v) is 4.40. The summed E-state index contributed by atoms with van der Waals surface area (Å²) in [5, 5.41) is 18.2. The number of hydrogen-bond donors (Lipinski definition) is 0. The van der Waals surface area contributed by atoms with Crippen LogP contribution in [0.3, 0.4) is 0 Å². The van der Waals surface area contributed by atoms with Gasteiger partial charge in [-0.05, 0) is 12.1 Å². The number of halogens is 2. The van der Waals surface area contributed by atoms with E-state index in [9.17, 15) is 13.6 Å². The molecule has 1 heterocycles. The fourth-order valence-electron chi connectivity index (χ4n) is 2.30. The zero-order chi connectivity index (χ0) is 15.3. The van der Waals surface area contributed by atoms with Gasteiger partial charge in [0.15, 0.2) is 17.4 Å². The number of Topliss-reactive ketones (excluding diaryl/α,β-unsaturated/α-hetero) is 1. The summed E-state index contributed by atoms with van der Waals surface area (Å²) < 4.78 is 27.1. The minimum atomic E-state index is -1.06. The Balaban J connectivity index is 2.47. The van der Waals surface area contributed by atoms with E-state index in [0.717, 1.165) is 23.5 Å². The number of hydrogen-bond acceptors (Lipinski definition) is 4. The lowest BCUT2D eigenvalue weighted by atomic mass is 10.1. The Bertz CT molecular complexity index is 954. The molecular weight excluding hydrogens is 294 g/mol. The number of fused-ring (bicyclic) bond motifs is 3. The highest BCUT2D eigenvalue weighted by Crippen LogP contribution is 2.46. The fourth-order valence-corrected chi connectivity index (χ4v) is 3.58.